The van der Waals surface area contributed by atoms with Crippen molar-refractivity contribution in [1.82, 2.24) is 0 Å². The predicted molar refractivity (Wildman–Crippen MR) is 59.8 cm³/mol. The van der Waals surface area contributed by atoms with E-state index in [9.17, 15) is 13.0 Å². The van der Waals surface area contributed by atoms with Crippen LogP contribution in [0.4, 0.5) is 0 Å². The van der Waals surface area contributed by atoms with Crippen molar-refractivity contribution in [1.29, 1.82) is 0 Å². The van der Waals surface area contributed by atoms with Gasteiger partial charge in [-0.05, 0) is 26.2 Å². The molecular weight excluding hydrogens is 255 g/mol. The molecule has 0 aliphatic carbocycles. The number of hydrogen-bond donors (Lipinski definition) is 1. The van der Waals surface area contributed by atoms with Gasteiger partial charge in [0, 0.05) is 6.61 Å². The van der Waals surface area contributed by atoms with E-state index in [1.54, 1.807) is 0 Å². The van der Waals surface area contributed by atoms with Crippen LogP contribution in [0, 0.1) is 0 Å². The van der Waals surface area contributed by atoms with Gasteiger partial charge < -0.3 is 14.4 Å². The summed E-state index contributed by atoms with van der Waals surface area (Å²) in [5.74, 6) is 0. The summed E-state index contributed by atoms with van der Waals surface area (Å²) >= 11 is 0. The molecule has 0 rings (SSSR count). The van der Waals surface area contributed by atoms with Crippen molar-refractivity contribution in [3.05, 3.63) is 12.7 Å². The maximum Gasteiger partial charge on any atom is 1.00 e. The Kier molecular flexibility index (Phi) is 12.3. The summed E-state index contributed by atoms with van der Waals surface area (Å²) in [5.41, 5.74) is -1.66. The van der Waals surface area contributed by atoms with E-state index >= 15 is 0 Å². The molecule has 0 saturated heterocycles. The van der Waals surface area contributed by atoms with Gasteiger partial charge in [0.1, 0.15) is 10.1 Å². The third kappa shape index (κ3) is 10.2. The maximum atomic E-state index is 10.7. The molecule has 0 heterocycles. The fourth-order valence-corrected chi connectivity index (χ4v) is 1.98. The number of allylic oxidation sites excluding steroid dienone is 1. The molecule has 5 nitrogen and oxygen atoms in total. The monoisotopic (exact) mass is 274 g/mol. The Morgan fingerprint density at radius 1 is 1.41 bits per heavy atom. The van der Waals surface area contributed by atoms with Gasteiger partial charge >= 0.3 is 29.6 Å². The third-order valence-corrected chi connectivity index (χ3v) is 3.11. The number of hydrogen-bond acceptors (Lipinski definition) is 5. The summed E-state index contributed by atoms with van der Waals surface area (Å²) < 4.78 is 36.9. The number of rotatable bonds is 9. The van der Waals surface area contributed by atoms with Crippen molar-refractivity contribution in [2.24, 2.45) is 0 Å². The van der Waals surface area contributed by atoms with Crippen molar-refractivity contribution >= 4 is 10.1 Å². The minimum absolute atomic E-state index is 0. The fourth-order valence-electron chi connectivity index (χ4n) is 1.23. The second kappa shape index (κ2) is 10.5. The van der Waals surface area contributed by atoms with Crippen LogP contribution in [-0.4, -0.2) is 36.2 Å². The van der Waals surface area contributed by atoms with Crippen LogP contribution in [0.1, 0.15) is 32.6 Å². The molecule has 0 radical (unpaired) electrons. The first-order valence-electron chi connectivity index (χ1n) is 5.25. The Balaban J connectivity index is 0. The van der Waals surface area contributed by atoms with Crippen LogP contribution in [0.25, 0.3) is 0 Å². The normalized spacial score (nSPS) is 14.8. The van der Waals surface area contributed by atoms with E-state index in [0.717, 1.165) is 19.3 Å². The van der Waals surface area contributed by atoms with Gasteiger partial charge in [-0.25, -0.2) is 8.42 Å². The summed E-state index contributed by atoms with van der Waals surface area (Å²) in [7, 11) is -4.60. The van der Waals surface area contributed by atoms with E-state index in [1.807, 2.05) is 6.08 Å². The average molecular weight is 274 g/mol. The van der Waals surface area contributed by atoms with Gasteiger partial charge in [0.25, 0.3) is 0 Å². The third-order valence-electron chi connectivity index (χ3n) is 2.01. The molecule has 0 aromatic heterocycles. The first-order valence-corrected chi connectivity index (χ1v) is 6.72. The van der Waals surface area contributed by atoms with Gasteiger partial charge in [-0.2, -0.15) is 0 Å². The largest absolute Gasteiger partial charge is 1.00 e. The van der Waals surface area contributed by atoms with Crippen molar-refractivity contribution in [2.45, 2.75) is 44.1 Å². The van der Waals surface area contributed by atoms with Gasteiger partial charge in [-0.3, -0.25) is 0 Å². The van der Waals surface area contributed by atoms with Crippen LogP contribution < -0.4 is 29.6 Å². The molecule has 1 N–H and O–H groups in total. The summed E-state index contributed by atoms with van der Waals surface area (Å²) in [4.78, 5) is 0. The Morgan fingerprint density at radius 2 is 2.00 bits per heavy atom. The van der Waals surface area contributed by atoms with E-state index in [-0.39, 0.29) is 36.2 Å². The molecule has 0 amide bonds. The molecular formula is C10H19NaO5S. The molecule has 0 saturated carbocycles. The smallest absolute Gasteiger partial charge is 0.746 e. The predicted octanol–water partition coefficient (Wildman–Crippen LogP) is -1.99. The van der Waals surface area contributed by atoms with Crippen LogP contribution >= 0.6 is 0 Å². The second-order valence-electron chi connectivity index (χ2n) is 3.61. The van der Waals surface area contributed by atoms with Crippen LogP contribution in [0.5, 0.6) is 0 Å². The fraction of sp³-hybridized carbons (Fsp3) is 0.800. The Bertz CT molecular complexity index is 289. The number of ether oxygens (including phenoxy) is 1. The van der Waals surface area contributed by atoms with Gasteiger partial charge in [0.15, 0.2) is 5.44 Å². The van der Waals surface area contributed by atoms with Gasteiger partial charge in [0.05, 0.1) is 6.10 Å². The number of unbranched alkanes of at least 4 members (excludes halogenated alkanes) is 3. The minimum Gasteiger partial charge on any atom is -0.746 e. The topological polar surface area (TPSA) is 86.7 Å². The summed E-state index contributed by atoms with van der Waals surface area (Å²) in [6, 6.07) is 0. The zero-order chi connectivity index (χ0) is 12.6. The molecule has 0 bridgehead atoms. The average Bonchev–Trinajstić information content (AvgIpc) is 2.13. The van der Waals surface area contributed by atoms with E-state index in [1.165, 1.54) is 6.92 Å². The standard InChI is InChI=1S/C10H20O5S.Na/c1-3-4-5-6-7-8-15-10(9(2)11)16(12,13)14;/h3,9-11H,1,4-8H2,2H3,(H,12,13,14);/q;+1/p-1. The van der Waals surface area contributed by atoms with Gasteiger partial charge in [-0.1, -0.05) is 12.5 Å². The number of aliphatic hydroxyl groups excluding tert-OH is 1. The maximum absolute atomic E-state index is 10.7. The molecule has 2 atom stereocenters. The molecule has 0 fully saturated rings. The molecule has 0 spiro atoms. The van der Waals surface area contributed by atoms with Crippen LogP contribution in [-0.2, 0) is 14.9 Å². The van der Waals surface area contributed by atoms with Crippen molar-refractivity contribution < 1.29 is 52.4 Å². The Morgan fingerprint density at radius 3 is 2.41 bits per heavy atom. The van der Waals surface area contributed by atoms with E-state index in [2.05, 4.69) is 6.58 Å². The molecule has 7 heteroatoms. The zero-order valence-electron chi connectivity index (χ0n) is 10.5. The Hall–Kier alpha value is 0.570. The van der Waals surface area contributed by atoms with E-state index in [0.29, 0.717) is 6.42 Å². The van der Waals surface area contributed by atoms with Crippen molar-refractivity contribution in [3.63, 3.8) is 0 Å². The molecule has 0 aromatic carbocycles. The molecule has 0 aliphatic heterocycles. The molecule has 0 aliphatic rings. The Labute approximate surface area is 125 Å². The number of aliphatic hydroxyl groups is 1. The summed E-state index contributed by atoms with van der Waals surface area (Å²) in [6.45, 7) is 4.96. The van der Waals surface area contributed by atoms with Gasteiger partial charge in [0.2, 0.25) is 0 Å². The molecule has 96 valence electrons. The first-order chi connectivity index (χ1) is 7.39. The second-order valence-corrected chi connectivity index (χ2v) is 5.06. The summed E-state index contributed by atoms with van der Waals surface area (Å²) in [6.07, 6.45) is 3.89. The molecule has 2 unspecified atom stereocenters. The van der Waals surface area contributed by atoms with E-state index < -0.39 is 21.7 Å². The molecule has 0 aromatic rings. The SMILES string of the molecule is C=CCCCCCOC(C(C)O)S(=O)(=O)[O-].[Na+]. The quantitative estimate of drug-likeness (QED) is 0.227. The van der Waals surface area contributed by atoms with Gasteiger partial charge in [-0.15, -0.1) is 6.58 Å². The molecule has 17 heavy (non-hydrogen) atoms. The summed E-state index contributed by atoms with van der Waals surface area (Å²) in [5, 5.41) is 9.07. The van der Waals surface area contributed by atoms with Crippen molar-refractivity contribution in [2.75, 3.05) is 6.61 Å². The minimum atomic E-state index is -4.60. The van der Waals surface area contributed by atoms with Crippen LogP contribution in [0.15, 0.2) is 12.7 Å². The first kappa shape index (κ1) is 19.9. The van der Waals surface area contributed by atoms with Crippen LogP contribution in [0.2, 0.25) is 0 Å². The zero-order valence-corrected chi connectivity index (χ0v) is 13.3. The van der Waals surface area contributed by atoms with Crippen LogP contribution in [0.3, 0.4) is 0 Å². The van der Waals surface area contributed by atoms with Crippen molar-refractivity contribution in [3.8, 4) is 0 Å². The van der Waals surface area contributed by atoms with E-state index in [4.69, 9.17) is 9.84 Å².